The molecule has 0 saturated heterocycles. The van der Waals surface area contributed by atoms with Gasteiger partial charge in [0.25, 0.3) is 0 Å². The molecular weight excluding hydrogens is 228 g/mol. The van der Waals surface area contributed by atoms with Gasteiger partial charge in [0.1, 0.15) is 19.0 Å². The minimum atomic E-state index is -0.0585. The first kappa shape index (κ1) is 14.7. The predicted molar refractivity (Wildman–Crippen MR) is 72.3 cm³/mol. The standard InChI is InChI=1S/C15H22O3/c1-11-8-12(15(2,3)4)6-7-14(11)18-10-13(16)9-17-5/h6-8H,9-10H2,1-5H3. The van der Waals surface area contributed by atoms with Crippen molar-refractivity contribution in [2.45, 2.75) is 33.1 Å². The fraction of sp³-hybridized carbons (Fsp3) is 0.533. The van der Waals surface area contributed by atoms with E-state index in [1.54, 1.807) is 0 Å². The number of carbonyl (C=O) groups is 1. The van der Waals surface area contributed by atoms with Gasteiger partial charge >= 0.3 is 0 Å². The number of ether oxygens (including phenoxy) is 2. The number of Topliss-reactive ketones (excluding diaryl/α,β-unsaturated/α-hetero) is 1. The van der Waals surface area contributed by atoms with Crippen LogP contribution in [-0.2, 0) is 14.9 Å². The van der Waals surface area contributed by atoms with Crippen LogP contribution in [0.2, 0.25) is 0 Å². The molecule has 0 spiro atoms. The van der Waals surface area contributed by atoms with Crippen molar-refractivity contribution in [2.75, 3.05) is 20.3 Å². The molecule has 3 heteroatoms. The van der Waals surface area contributed by atoms with Gasteiger partial charge in [-0.25, -0.2) is 0 Å². The highest BCUT2D eigenvalue weighted by Gasteiger charge is 2.15. The van der Waals surface area contributed by atoms with Crippen molar-refractivity contribution in [1.29, 1.82) is 0 Å². The first-order valence-corrected chi connectivity index (χ1v) is 6.09. The highest BCUT2D eigenvalue weighted by atomic mass is 16.5. The van der Waals surface area contributed by atoms with E-state index in [0.29, 0.717) is 0 Å². The minimum Gasteiger partial charge on any atom is -0.485 e. The third kappa shape index (κ3) is 4.15. The largest absolute Gasteiger partial charge is 0.485 e. The van der Waals surface area contributed by atoms with Crippen LogP contribution in [0, 0.1) is 6.92 Å². The molecule has 0 bridgehead atoms. The summed E-state index contributed by atoms with van der Waals surface area (Å²) in [7, 11) is 1.50. The zero-order valence-electron chi connectivity index (χ0n) is 11.9. The van der Waals surface area contributed by atoms with Crippen molar-refractivity contribution in [3.8, 4) is 5.75 Å². The molecule has 0 aliphatic carbocycles. The second-order valence-electron chi connectivity index (χ2n) is 5.49. The monoisotopic (exact) mass is 250 g/mol. The van der Waals surface area contributed by atoms with Crippen LogP contribution in [0.15, 0.2) is 18.2 Å². The highest BCUT2D eigenvalue weighted by molar-refractivity contribution is 5.81. The first-order valence-electron chi connectivity index (χ1n) is 6.09. The van der Waals surface area contributed by atoms with Gasteiger partial charge < -0.3 is 9.47 Å². The molecule has 0 aliphatic heterocycles. The first-order chi connectivity index (χ1) is 8.34. The lowest BCUT2D eigenvalue weighted by Crippen LogP contribution is -2.17. The van der Waals surface area contributed by atoms with E-state index in [1.165, 1.54) is 12.7 Å². The fourth-order valence-corrected chi connectivity index (χ4v) is 1.64. The molecule has 100 valence electrons. The van der Waals surface area contributed by atoms with E-state index in [-0.39, 0.29) is 24.4 Å². The normalized spacial score (nSPS) is 11.4. The van der Waals surface area contributed by atoms with Gasteiger partial charge in [-0.1, -0.05) is 32.9 Å². The Bertz CT molecular complexity index is 416. The molecule has 0 fully saturated rings. The van der Waals surface area contributed by atoms with Gasteiger partial charge in [0.15, 0.2) is 5.78 Å². The molecule has 0 heterocycles. The Morgan fingerprint density at radius 3 is 2.39 bits per heavy atom. The summed E-state index contributed by atoms with van der Waals surface area (Å²) in [5.74, 6) is 0.698. The van der Waals surface area contributed by atoms with Gasteiger partial charge in [0.05, 0.1) is 0 Å². The molecule has 18 heavy (non-hydrogen) atoms. The highest BCUT2D eigenvalue weighted by Crippen LogP contribution is 2.27. The lowest BCUT2D eigenvalue weighted by molar-refractivity contribution is -0.124. The van der Waals surface area contributed by atoms with Gasteiger partial charge in [-0.05, 0) is 29.5 Å². The van der Waals surface area contributed by atoms with Crippen LogP contribution in [0.5, 0.6) is 5.75 Å². The predicted octanol–water partition coefficient (Wildman–Crippen LogP) is 2.89. The summed E-state index contributed by atoms with van der Waals surface area (Å²) in [4.78, 5) is 11.3. The lowest BCUT2D eigenvalue weighted by Gasteiger charge is -2.20. The van der Waals surface area contributed by atoms with Gasteiger partial charge in [-0.15, -0.1) is 0 Å². The Hall–Kier alpha value is -1.35. The SMILES string of the molecule is COCC(=O)COc1ccc(C(C)(C)C)cc1C. The molecule has 0 aliphatic rings. The Morgan fingerprint density at radius 1 is 1.22 bits per heavy atom. The van der Waals surface area contributed by atoms with Gasteiger partial charge in [-0.3, -0.25) is 4.79 Å². The number of benzene rings is 1. The maximum atomic E-state index is 11.3. The van der Waals surface area contributed by atoms with Crippen molar-refractivity contribution in [2.24, 2.45) is 0 Å². The van der Waals surface area contributed by atoms with E-state index in [4.69, 9.17) is 9.47 Å². The smallest absolute Gasteiger partial charge is 0.195 e. The number of hydrogen-bond acceptors (Lipinski definition) is 3. The zero-order chi connectivity index (χ0) is 13.8. The minimum absolute atomic E-state index is 0.0585. The van der Waals surface area contributed by atoms with Crippen LogP contribution in [0.1, 0.15) is 31.9 Å². The van der Waals surface area contributed by atoms with E-state index in [9.17, 15) is 4.79 Å². The molecule has 0 amide bonds. The molecular formula is C15H22O3. The summed E-state index contributed by atoms with van der Waals surface area (Å²) in [6, 6.07) is 6.08. The number of carbonyl (C=O) groups excluding carboxylic acids is 1. The van der Waals surface area contributed by atoms with Crippen LogP contribution in [0.25, 0.3) is 0 Å². The maximum absolute atomic E-state index is 11.3. The second kappa shape index (κ2) is 6.01. The van der Waals surface area contributed by atoms with Crippen molar-refractivity contribution in [1.82, 2.24) is 0 Å². The van der Waals surface area contributed by atoms with Crippen molar-refractivity contribution in [3.05, 3.63) is 29.3 Å². The van der Waals surface area contributed by atoms with Crippen molar-refractivity contribution in [3.63, 3.8) is 0 Å². The summed E-state index contributed by atoms with van der Waals surface area (Å²) in [6.45, 7) is 8.66. The molecule has 0 atom stereocenters. The van der Waals surface area contributed by atoms with Gasteiger partial charge in [-0.2, -0.15) is 0 Å². The summed E-state index contributed by atoms with van der Waals surface area (Å²) >= 11 is 0. The average molecular weight is 250 g/mol. The van der Waals surface area contributed by atoms with Gasteiger partial charge in [0.2, 0.25) is 0 Å². The lowest BCUT2D eigenvalue weighted by atomic mass is 9.86. The number of hydrogen-bond donors (Lipinski definition) is 0. The third-order valence-electron chi connectivity index (χ3n) is 2.73. The van der Waals surface area contributed by atoms with Crippen LogP contribution in [-0.4, -0.2) is 26.1 Å². The molecule has 1 aromatic rings. The number of methoxy groups -OCH3 is 1. The summed E-state index contributed by atoms with van der Waals surface area (Å²) in [6.07, 6.45) is 0. The molecule has 3 nitrogen and oxygen atoms in total. The quantitative estimate of drug-likeness (QED) is 0.806. The number of rotatable bonds is 5. The van der Waals surface area contributed by atoms with E-state index >= 15 is 0 Å². The molecule has 0 N–H and O–H groups in total. The van der Waals surface area contributed by atoms with E-state index < -0.39 is 0 Å². The second-order valence-corrected chi connectivity index (χ2v) is 5.49. The fourth-order valence-electron chi connectivity index (χ4n) is 1.64. The molecule has 0 aromatic heterocycles. The van der Waals surface area contributed by atoms with E-state index in [2.05, 4.69) is 26.8 Å². The molecule has 0 saturated carbocycles. The zero-order valence-corrected chi connectivity index (χ0v) is 11.9. The van der Waals surface area contributed by atoms with Gasteiger partial charge in [0, 0.05) is 7.11 Å². The Labute approximate surface area is 109 Å². The molecule has 1 aromatic carbocycles. The third-order valence-corrected chi connectivity index (χ3v) is 2.73. The Balaban J connectivity index is 2.72. The van der Waals surface area contributed by atoms with Crippen molar-refractivity contribution >= 4 is 5.78 Å². The van der Waals surface area contributed by atoms with Crippen LogP contribution in [0.3, 0.4) is 0 Å². The molecule has 0 radical (unpaired) electrons. The van der Waals surface area contributed by atoms with E-state index in [1.807, 2.05) is 19.1 Å². The van der Waals surface area contributed by atoms with E-state index in [0.717, 1.165) is 11.3 Å². The Kier molecular flexibility index (Phi) is 4.91. The molecule has 1 rings (SSSR count). The molecule has 0 unspecified atom stereocenters. The van der Waals surface area contributed by atoms with Crippen LogP contribution >= 0.6 is 0 Å². The average Bonchev–Trinajstić information content (AvgIpc) is 2.26. The number of aryl methyl sites for hydroxylation is 1. The topological polar surface area (TPSA) is 35.5 Å². The Morgan fingerprint density at radius 2 is 1.89 bits per heavy atom. The summed E-state index contributed by atoms with van der Waals surface area (Å²) in [5, 5.41) is 0. The van der Waals surface area contributed by atoms with Crippen molar-refractivity contribution < 1.29 is 14.3 Å². The number of ketones is 1. The summed E-state index contributed by atoms with van der Waals surface area (Å²) < 4.78 is 10.2. The summed E-state index contributed by atoms with van der Waals surface area (Å²) in [5.41, 5.74) is 2.43. The van der Waals surface area contributed by atoms with Crippen LogP contribution < -0.4 is 4.74 Å². The maximum Gasteiger partial charge on any atom is 0.195 e. The van der Waals surface area contributed by atoms with Crippen LogP contribution in [0.4, 0.5) is 0 Å².